The van der Waals surface area contributed by atoms with Gasteiger partial charge in [-0.1, -0.05) is 12.8 Å². The van der Waals surface area contributed by atoms with Crippen LogP contribution in [0.25, 0.3) is 0 Å². The van der Waals surface area contributed by atoms with Gasteiger partial charge < -0.3 is 9.47 Å². The molecule has 0 aliphatic rings. The van der Waals surface area contributed by atoms with Gasteiger partial charge in [0, 0.05) is 13.0 Å². The van der Waals surface area contributed by atoms with Crippen LogP contribution in [0.4, 0.5) is 4.79 Å². The fourth-order valence-electron chi connectivity index (χ4n) is 1.44. The molecule has 0 aliphatic heterocycles. The number of hydrogen-bond donors (Lipinski definition) is 1. The molecular weight excluding hydrogens is 236 g/mol. The molecule has 0 saturated carbocycles. The first-order valence-electron chi connectivity index (χ1n) is 6.46. The van der Waals surface area contributed by atoms with Gasteiger partial charge in [-0.2, -0.15) is 0 Å². The van der Waals surface area contributed by atoms with Crippen molar-refractivity contribution in [3.8, 4) is 0 Å². The smallest absolute Gasteiger partial charge is 0.424 e. The number of hydrogen-bond acceptors (Lipinski definition) is 5. The van der Waals surface area contributed by atoms with Crippen LogP contribution in [0.2, 0.25) is 0 Å². The van der Waals surface area contributed by atoms with E-state index in [0.717, 1.165) is 30.7 Å². The zero-order valence-electron chi connectivity index (χ0n) is 11.3. The number of carbonyl (C=O) groups excluding carboxylic acids is 2. The van der Waals surface area contributed by atoms with Gasteiger partial charge >= 0.3 is 12.1 Å². The number of carbonyl (C=O) groups is 2. The largest absolute Gasteiger partial charge is 0.466 e. The Morgan fingerprint density at radius 3 is 2.22 bits per heavy atom. The van der Waals surface area contributed by atoms with Gasteiger partial charge in [-0.3, -0.25) is 4.79 Å². The maximum absolute atomic E-state index is 11.1. The summed E-state index contributed by atoms with van der Waals surface area (Å²) in [6.45, 7) is 4.76. The lowest BCUT2D eigenvalue weighted by Crippen LogP contribution is -2.38. The molecule has 6 heteroatoms. The van der Waals surface area contributed by atoms with Crippen LogP contribution in [0, 0.1) is 0 Å². The van der Waals surface area contributed by atoms with Crippen LogP contribution in [0.15, 0.2) is 0 Å². The molecule has 0 radical (unpaired) electrons. The molecule has 0 heterocycles. The lowest BCUT2D eigenvalue weighted by Gasteiger charge is -2.15. The maximum Gasteiger partial charge on any atom is 0.424 e. The van der Waals surface area contributed by atoms with E-state index in [1.165, 1.54) is 0 Å². The van der Waals surface area contributed by atoms with Gasteiger partial charge in [0.2, 0.25) is 0 Å². The Hall–Kier alpha value is -1.30. The topological polar surface area (TPSA) is 81.9 Å². The van der Waals surface area contributed by atoms with Crippen molar-refractivity contribution in [3.05, 3.63) is 0 Å². The van der Waals surface area contributed by atoms with Crippen LogP contribution < -0.4 is 5.84 Å². The lowest BCUT2D eigenvalue weighted by atomic mass is 10.1. The van der Waals surface area contributed by atoms with Crippen molar-refractivity contribution in [2.45, 2.75) is 46.0 Å². The third kappa shape index (κ3) is 8.81. The Labute approximate surface area is 108 Å². The van der Waals surface area contributed by atoms with E-state index < -0.39 is 6.09 Å². The molecule has 0 saturated heterocycles. The van der Waals surface area contributed by atoms with Crippen molar-refractivity contribution in [2.75, 3.05) is 19.8 Å². The van der Waals surface area contributed by atoms with E-state index in [0.29, 0.717) is 26.2 Å². The SMILES string of the molecule is CCOC(=O)CCCCCCN(N)C(=O)OCC. The van der Waals surface area contributed by atoms with Gasteiger partial charge in [0.25, 0.3) is 0 Å². The number of amides is 1. The van der Waals surface area contributed by atoms with E-state index in [-0.39, 0.29) is 5.97 Å². The number of nitrogens with zero attached hydrogens (tertiary/aromatic N) is 1. The normalized spacial score (nSPS) is 9.94. The average molecular weight is 260 g/mol. The van der Waals surface area contributed by atoms with E-state index in [9.17, 15) is 9.59 Å². The summed E-state index contributed by atoms with van der Waals surface area (Å²) in [5.74, 6) is 5.34. The second-order valence-corrected chi connectivity index (χ2v) is 3.86. The molecular formula is C12H24N2O4. The number of nitrogens with two attached hydrogens (primary N) is 1. The minimum Gasteiger partial charge on any atom is -0.466 e. The molecule has 2 N–H and O–H groups in total. The highest BCUT2D eigenvalue weighted by molar-refractivity contribution is 5.69. The number of unbranched alkanes of at least 4 members (excludes halogenated alkanes) is 3. The first kappa shape index (κ1) is 16.7. The van der Waals surface area contributed by atoms with Crippen LogP contribution in [0.3, 0.4) is 0 Å². The fourth-order valence-corrected chi connectivity index (χ4v) is 1.44. The van der Waals surface area contributed by atoms with Gasteiger partial charge in [0.15, 0.2) is 0 Å². The monoisotopic (exact) mass is 260 g/mol. The molecule has 1 amide bonds. The van der Waals surface area contributed by atoms with E-state index in [1.807, 2.05) is 0 Å². The molecule has 0 fully saturated rings. The Morgan fingerprint density at radius 1 is 1.00 bits per heavy atom. The first-order valence-corrected chi connectivity index (χ1v) is 6.46. The molecule has 0 bridgehead atoms. The molecule has 0 spiro atoms. The second-order valence-electron chi connectivity index (χ2n) is 3.86. The van der Waals surface area contributed by atoms with Gasteiger partial charge in [0.05, 0.1) is 13.2 Å². The quantitative estimate of drug-likeness (QED) is 0.225. The van der Waals surface area contributed by atoms with Crippen LogP contribution in [-0.2, 0) is 14.3 Å². The van der Waals surface area contributed by atoms with Crippen molar-refractivity contribution in [1.29, 1.82) is 0 Å². The summed E-state index contributed by atoms with van der Waals surface area (Å²) >= 11 is 0. The van der Waals surface area contributed by atoms with Crippen LogP contribution in [0.5, 0.6) is 0 Å². The molecule has 106 valence electrons. The predicted molar refractivity (Wildman–Crippen MR) is 67.6 cm³/mol. The Balaban J connectivity index is 3.40. The zero-order chi connectivity index (χ0) is 13.8. The van der Waals surface area contributed by atoms with Crippen LogP contribution in [-0.4, -0.2) is 36.8 Å². The van der Waals surface area contributed by atoms with Crippen molar-refractivity contribution in [3.63, 3.8) is 0 Å². The minimum atomic E-state index is -0.496. The Morgan fingerprint density at radius 2 is 1.61 bits per heavy atom. The highest BCUT2D eigenvalue weighted by Gasteiger charge is 2.08. The molecule has 0 unspecified atom stereocenters. The number of hydrazine groups is 1. The first-order chi connectivity index (χ1) is 8.61. The summed E-state index contributed by atoms with van der Waals surface area (Å²) in [6.07, 6.45) is 3.42. The minimum absolute atomic E-state index is 0.149. The third-order valence-corrected chi connectivity index (χ3v) is 2.34. The second kappa shape index (κ2) is 10.8. The lowest BCUT2D eigenvalue weighted by molar-refractivity contribution is -0.143. The van der Waals surface area contributed by atoms with Gasteiger partial charge in [-0.15, -0.1) is 0 Å². The van der Waals surface area contributed by atoms with Crippen molar-refractivity contribution < 1.29 is 19.1 Å². The molecule has 0 aromatic heterocycles. The summed E-state index contributed by atoms with van der Waals surface area (Å²) < 4.78 is 9.56. The maximum atomic E-state index is 11.1. The summed E-state index contributed by atoms with van der Waals surface area (Å²) in [7, 11) is 0. The van der Waals surface area contributed by atoms with E-state index in [4.69, 9.17) is 15.3 Å². The fraction of sp³-hybridized carbons (Fsp3) is 0.833. The third-order valence-electron chi connectivity index (χ3n) is 2.34. The summed E-state index contributed by atoms with van der Waals surface area (Å²) in [5, 5.41) is 1.08. The summed E-state index contributed by atoms with van der Waals surface area (Å²) in [4.78, 5) is 22.2. The molecule has 0 aromatic rings. The molecule has 18 heavy (non-hydrogen) atoms. The van der Waals surface area contributed by atoms with Crippen molar-refractivity contribution >= 4 is 12.1 Å². The van der Waals surface area contributed by atoms with E-state index >= 15 is 0 Å². The Bertz CT molecular complexity index is 246. The summed E-state index contributed by atoms with van der Waals surface area (Å²) in [5.41, 5.74) is 0. The Kier molecular flexibility index (Phi) is 10.0. The number of esters is 1. The van der Waals surface area contributed by atoms with Crippen molar-refractivity contribution in [2.24, 2.45) is 5.84 Å². The van der Waals surface area contributed by atoms with E-state index in [2.05, 4.69) is 0 Å². The van der Waals surface area contributed by atoms with Gasteiger partial charge in [-0.05, 0) is 26.7 Å². The highest BCUT2D eigenvalue weighted by Crippen LogP contribution is 2.04. The average Bonchev–Trinajstić information content (AvgIpc) is 2.33. The predicted octanol–water partition coefficient (Wildman–Crippen LogP) is 1.83. The zero-order valence-corrected chi connectivity index (χ0v) is 11.3. The van der Waals surface area contributed by atoms with Gasteiger partial charge in [-0.25, -0.2) is 15.6 Å². The number of rotatable bonds is 9. The standard InChI is InChI=1S/C12H24N2O4/c1-3-17-11(15)9-7-5-6-8-10-14(13)12(16)18-4-2/h3-10,13H2,1-2H3. The highest BCUT2D eigenvalue weighted by atomic mass is 16.6. The molecule has 0 aliphatic carbocycles. The van der Waals surface area contributed by atoms with Gasteiger partial charge in [0.1, 0.15) is 0 Å². The molecule has 0 atom stereocenters. The summed E-state index contributed by atoms with van der Waals surface area (Å²) in [6, 6.07) is 0. The van der Waals surface area contributed by atoms with E-state index in [1.54, 1.807) is 13.8 Å². The number of ether oxygens (including phenoxy) is 2. The molecule has 0 aromatic carbocycles. The molecule has 0 rings (SSSR count). The van der Waals surface area contributed by atoms with Crippen LogP contribution >= 0.6 is 0 Å². The van der Waals surface area contributed by atoms with Crippen LogP contribution in [0.1, 0.15) is 46.0 Å². The van der Waals surface area contributed by atoms with Crippen molar-refractivity contribution in [1.82, 2.24) is 5.01 Å². The molecule has 6 nitrogen and oxygen atoms in total.